The number of benzene rings is 3. The molecule has 0 aliphatic carbocycles. The number of hydrogen-bond donors (Lipinski definition) is 1. The maximum atomic E-state index is 13.4. The van der Waals surface area contributed by atoms with Crippen LogP contribution in [0.2, 0.25) is 5.02 Å². The lowest BCUT2D eigenvalue weighted by Crippen LogP contribution is -2.36. The van der Waals surface area contributed by atoms with E-state index in [1.165, 1.54) is 25.7 Å². The number of carbonyl (C=O) groups excluding carboxylic acids is 2. The van der Waals surface area contributed by atoms with Crippen molar-refractivity contribution in [1.82, 2.24) is 10.2 Å². The third-order valence-corrected chi connectivity index (χ3v) is 7.22. The number of ether oxygens (including phenoxy) is 1. The van der Waals surface area contributed by atoms with Crippen LogP contribution in [0.4, 0.5) is 5.69 Å². The van der Waals surface area contributed by atoms with Crippen LogP contribution < -0.4 is 15.0 Å². The molecule has 0 radical (unpaired) electrons. The van der Waals surface area contributed by atoms with Gasteiger partial charge in [-0.1, -0.05) is 60.8 Å². The summed E-state index contributed by atoms with van der Waals surface area (Å²) < 4.78 is 6.00. The number of hydrogen-bond acceptors (Lipinski definition) is 4. The molecule has 0 atom stereocenters. The molecule has 0 aromatic heterocycles. The van der Waals surface area contributed by atoms with Gasteiger partial charge in [-0.15, -0.1) is 0 Å². The van der Waals surface area contributed by atoms with Gasteiger partial charge in [-0.2, -0.15) is 0 Å². The molecule has 2 aliphatic heterocycles. The molecule has 0 saturated carbocycles. The number of halogens is 1. The second-order valence-corrected chi connectivity index (χ2v) is 10.2. The van der Waals surface area contributed by atoms with E-state index in [4.69, 9.17) is 16.3 Å². The van der Waals surface area contributed by atoms with E-state index < -0.39 is 0 Å². The lowest BCUT2D eigenvalue weighted by atomic mass is 10.1. The Morgan fingerprint density at radius 2 is 1.63 bits per heavy atom. The number of nitrogens with zero attached hydrogens (tertiary/aromatic N) is 2. The van der Waals surface area contributed by atoms with Crippen molar-refractivity contribution in [2.75, 3.05) is 31.1 Å². The van der Waals surface area contributed by atoms with Crippen molar-refractivity contribution in [3.8, 4) is 5.75 Å². The minimum atomic E-state index is -0.228. The molecule has 0 bridgehead atoms. The Balaban J connectivity index is 1.26. The van der Waals surface area contributed by atoms with Crippen molar-refractivity contribution < 1.29 is 14.3 Å². The first-order valence-electron chi connectivity index (χ1n) is 13.2. The average molecular weight is 530 g/mol. The number of nitrogens with one attached hydrogen (secondary N) is 1. The fourth-order valence-electron chi connectivity index (χ4n) is 4.86. The van der Waals surface area contributed by atoms with E-state index in [-0.39, 0.29) is 17.6 Å². The van der Waals surface area contributed by atoms with Gasteiger partial charge in [0.15, 0.2) is 11.5 Å². The zero-order chi connectivity index (χ0) is 26.3. The van der Waals surface area contributed by atoms with Crippen molar-refractivity contribution in [2.45, 2.75) is 32.2 Å². The topological polar surface area (TPSA) is 61.9 Å². The first-order chi connectivity index (χ1) is 18.6. The number of para-hydroxylation sites is 2. The fraction of sp³-hybridized carbons (Fsp3) is 0.290. The van der Waals surface area contributed by atoms with Crippen LogP contribution in [-0.2, 0) is 11.3 Å². The molecule has 2 heterocycles. The first kappa shape index (κ1) is 26.0. The number of fused-ring (bicyclic) bond motifs is 1. The smallest absolute Gasteiger partial charge is 0.294 e. The van der Waals surface area contributed by atoms with E-state index in [9.17, 15) is 9.59 Å². The zero-order valence-corrected chi connectivity index (χ0v) is 22.1. The second kappa shape index (κ2) is 12.3. The van der Waals surface area contributed by atoms with E-state index in [1.807, 2.05) is 60.7 Å². The maximum Gasteiger partial charge on any atom is 0.294 e. The lowest BCUT2D eigenvalue weighted by molar-refractivity contribution is -0.117. The summed E-state index contributed by atoms with van der Waals surface area (Å²) in [4.78, 5) is 30.2. The van der Waals surface area contributed by atoms with Gasteiger partial charge >= 0.3 is 0 Å². The number of rotatable bonds is 7. The van der Waals surface area contributed by atoms with Gasteiger partial charge in [-0.3, -0.25) is 14.5 Å². The van der Waals surface area contributed by atoms with Gasteiger partial charge in [0, 0.05) is 23.7 Å². The molecular formula is C31H32ClN3O3. The number of amides is 2. The van der Waals surface area contributed by atoms with Crippen LogP contribution in [0.15, 0.2) is 78.6 Å². The van der Waals surface area contributed by atoms with Crippen molar-refractivity contribution in [3.63, 3.8) is 0 Å². The molecule has 7 heteroatoms. The van der Waals surface area contributed by atoms with E-state index >= 15 is 0 Å². The third-order valence-electron chi connectivity index (χ3n) is 6.97. The minimum Gasteiger partial charge on any atom is -0.449 e. The first-order valence-corrected chi connectivity index (χ1v) is 13.6. The van der Waals surface area contributed by atoms with Crippen LogP contribution in [-0.4, -0.2) is 42.9 Å². The summed E-state index contributed by atoms with van der Waals surface area (Å²) in [6.07, 6.45) is 6.79. The van der Waals surface area contributed by atoms with Crippen LogP contribution >= 0.6 is 11.6 Å². The molecule has 0 spiro atoms. The molecule has 0 unspecified atom stereocenters. The molecule has 3 aromatic carbocycles. The van der Waals surface area contributed by atoms with Gasteiger partial charge in [0.2, 0.25) is 0 Å². The highest BCUT2D eigenvalue weighted by atomic mass is 35.5. The molecule has 3 aromatic rings. The summed E-state index contributed by atoms with van der Waals surface area (Å²) in [5.74, 6) is 0.529. The van der Waals surface area contributed by atoms with Crippen LogP contribution in [0.5, 0.6) is 5.75 Å². The van der Waals surface area contributed by atoms with Crippen molar-refractivity contribution in [1.29, 1.82) is 0 Å². The molecule has 196 valence electrons. The normalized spacial score (nSPS) is 17.0. The van der Waals surface area contributed by atoms with Crippen molar-refractivity contribution in [3.05, 3.63) is 100 Å². The summed E-state index contributed by atoms with van der Waals surface area (Å²) in [7, 11) is 0. The van der Waals surface area contributed by atoms with Crippen molar-refractivity contribution in [2.24, 2.45) is 0 Å². The Morgan fingerprint density at radius 1 is 0.921 bits per heavy atom. The van der Waals surface area contributed by atoms with Crippen LogP contribution in [0.25, 0.3) is 6.08 Å². The Kier molecular flexibility index (Phi) is 8.41. The summed E-state index contributed by atoms with van der Waals surface area (Å²) in [5, 5.41) is 3.68. The average Bonchev–Trinajstić information content (AvgIpc) is 3.21. The van der Waals surface area contributed by atoms with Crippen molar-refractivity contribution >= 4 is 35.2 Å². The monoisotopic (exact) mass is 529 g/mol. The second-order valence-electron chi connectivity index (χ2n) is 9.73. The highest BCUT2D eigenvalue weighted by Crippen LogP contribution is 2.36. The zero-order valence-electron chi connectivity index (χ0n) is 21.4. The van der Waals surface area contributed by atoms with E-state index in [0.717, 1.165) is 36.4 Å². The minimum absolute atomic E-state index is 0.0907. The molecule has 6 nitrogen and oxygen atoms in total. The van der Waals surface area contributed by atoms with E-state index in [1.54, 1.807) is 23.1 Å². The Hall–Kier alpha value is -3.61. The summed E-state index contributed by atoms with van der Waals surface area (Å²) in [6.45, 7) is 4.13. The molecule has 2 amide bonds. The van der Waals surface area contributed by atoms with Gasteiger partial charge in [0.05, 0.1) is 12.2 Å². The quantitative estimate of drug-likeness (QED) is 0.386. The largest absolute Gasteiger partial charge is 0.449 e. The Morgan fingerprint density at radius 3 is 2.37 bits per heavy atom. The summed E-state index contributed by atoms with van der Waals surface area (Å²) in [6, 6.07) is 22.2. The van der Waals surface area contributed by atoms with E-state index in [2.05, 4.69) is 10.2 Å². The Bertz CT molecular complexity index is 1300. The van der Waals surface area contributed by atoms with Gasteiger partial charge in [-0.05, 0) is 79.5 Å². The fourth-order valence-corrected chi connectivity index (χ4v) is 4.99. The predicted octanol–water partition coefficient (Wildman–Crippen LogP) is 5.91. The maximum absolute atomic E-state index is 13.4. The molecule has 5 rings (SSSR count). The van der Waals surface area contributed by atoms with Crippen LogP contribution in [0.1, 0.15) is 47.2 Å². The highest BCUT2D eigenvalue weighted by molar-refractivity contribution is 6.30. The molecule has 1 fully saturated rings. The van der Waals surface area contributed by atoms with Crippen LogP contribution in [0.3, 0.4) is 0 Å². The number of likely N-dealkylation sites (tertiary alicyclic amines) is 1. The number of anilines is 1. The standard InChI is InChI=1S/C31H32ClN3O3/c32-26-15-11-24(12-16-26)22-35-27-7-3-4-8-28(27)38-29(31(35)37)21-23-9-13-25(14-10-23)30(36)33-17-20-34-18-5-1-2-6-19-34/h3-4,7-16,21H,1-2,5-6,17-20,22H2,(H,33,36)/b29-21-. The SMILES string of the molecule is O=C(NCCN1CCCCCC1)c1ccc(/C=C2\Oc3ccccc3N(Cc3ccc(Cl)cc3)C2=O)cc1. The van der Waals surface area contributed by atoms with E-state index in [0.29, 0.717) is 29.4 Å². The van der Waals surface area contributed by atoms with Crippen LogP contribution in [0, 0.1) is 0 Å². The molecular weight excluding hydrogens is 498 g/mol. The van der Waals surface area contributed by atoms with Gasteiger partial charge in [0.25, 0.3) is 11.8 Å². The molecule has 38 heavy (non-hydrogen) atoms. The van der Waals surface area contributed by atoms with Gasteiger partial charge in [0.1, 0.15) is 0 Å². The predicted molar refractivity (Wildman–Crippen MR) is 151 cm³/mol. The third kappa shape index (κ3) is 6.44. The molecule has 1 N–H and O–H groups in total. The summed E-state index contributed by atoms with van der Waals surface area (Å²) >= 11 is 6.03. The molecule has 1 saturated heterocycles. The molecule has 2 aliphatic rings. The lowest BCUT2D eigenvalue weighted by Gasteiger charge is -2.30. The Labute approximate surface area is 228 Å². The number of carbonyl (C=O) groups is 2. The summed E-state index contributed by atoms with van der Waals surface area (Å²) in [5.41, 5.74) is 3.05. The van der Waals surface area contributed by atoms with Gasteiger partial charge < -0.3 is 15.0 Å². The van der Waals surface area contributed by atoms with Gasteiger partial charge in [-0.25, -0.2) is 0 Å². The highest BCUT2D eigenvalue weighted by Gasteiger charge is 2.30.